The van der Waals surface area contributed by atoms with Crippen LogP contribution in [0.1, 0.15) is 5.56 Å². The molecular weight excluding hydrogens is 246 g/mol. The number of hydrogen-bond donors (Lipinski definition) is 0. The summed E-state index contributed by atoms with van der Waals surface area (Å²) in [4.78, 5) is 2.09. The highest BCUT2D eigenvalue weighted by atomic mass is 35.5. The van der Waals surface area contributed by atoms with Gasteiger partial charge in [0.2, 0.25) is 0 Å². The van der Waals surface area contributed by atoms with Crippen LogP contribution < -0.4 is 9.64 Å². The molecule has 3 heteroatoms. The molecular formula is C15H16ClNO. The Hall–Kier alpha value is -1.67. The standard InChI is InChI=1S/C15H16ClNO/c1-17(13-9-7-12(11-16)8-10-13)14-5-3-4-6-15(14)18-2/h3-10H,11H2,1-2H3. The Morgan fingerprint density at radius 1 is 1.06 bits per heavy atom. The molecule has 2 rings (SSSR count). The van der Waals surface area contributed by atoms with Crippen molar-refractivity contribution < 1.29 is 4.74 Å². The Morgan fingerprint density at radius 3 is 2.33 bits per heavy atom. The number of hydrogen-bond acceptors (Lipinski definition) is 2. The number of nitrogens with zero attached hydrogens (tertiary/aromatic N) is 1. The van der Waals surface area contributed by atoms with Crippen LogP contribution in [0.25, 0.3) is 0 Å². The van der Waals surface area contributed by atoms with Gasteiger partial charge in [-0.05, 0) is 29.8 Å². The molecule has 0 spiro atoms. The molecule has 2 aromatic carbocycles. The Balaban J connectivity index is 2.31. The third kappa shape index (κ3) is 2.59. The summed E-state index contributed by atoms with van der Waals surface area (Å²) in [5, 5.41) is 0. The molecule has 2 aromatic rings. The van der Waals surface area contributed by atoms with Gasteiger partial charge >= 0.3 is 0 Å². The second-order valence-corrected chi connectivity index (χ2v) is 4.30. The molecule has 0 unspecified atom stereocenters. The molecule has 0 bridgehead atoms. The Kier molecular flexibility index (Phi) is 4.11. The second-order valence-electron chi connectivity index (χ2n) is 4.03. The van der Waals surface area contributed by atoms with Crippen LogP contribution in [0.2, 0.25) is 0 Å². The molecule has 18 heavy (non-hydrogen) atoms. The van der Waals surface area contributed by atoms with E-state index in [0.29, 0.717) is 5.88 Å². The van der Waals surface area contributed by atoms with Crippen LogP contribution in [-0.4, -0.2) is 14.2 Å². The SMILES string of the molecule is COc1ccccc1N(C)c1ccc(CCl)cc1. The summed E-state index contributed by atoms with van der Waals surface area (Å²) in [5.74, 6) is 1.40. The quantitative estimate of drug-likeness (QED) is 0.765. The molecule has 0 atom stereocenters. The second kappa shape index (κ2) is 5.78. The Labute approximate surface area is 113 Å². The molecule has 0 aliphatic carbocycles. The van der Waals surface area contributed by atoms with Crippen LogP contribution >= 0.6 is 11.6 Å². The minimum atomic E-state index is 0.540. The van der Waals surface area contributed by atoms with Gasteiger partial charge in [0.25, 0.3) is 0 Å². The van der Waals surface area contributed by atoms with Gasteiger partial charge in [-0.3, -0.25) is 0 Å². The summed E-state index contributed by atoms with van der Waals surface area (Å²) in [6.45, 7) is 0. The molecule has 0 aliphatic rings. The van der Waals surface area contributed by atoms with Gasteiger partial charge in [-0.25, -0.2) is 0 Å². The number of benzene rings is 2. The van der Waals surface area contributed by atoms with E-state index in [1.165, 1.54) is 0 Å². The van der Waals surface area contributed by atoms with Crippen molar-refractivity contribution >= 4 is 23.0 Å². The van der Waals surface area contributed by atoms with Gasteiger partial charge in [-0.1, -0.05) is 24.3 Å². The van der Waals surface area contributed by atoms with E-state index in [1.54, 1.807) is 7.11 Å². The van der Waals surface area contributed by atoms with Crippen LogP contribution in [0.3, 0.4) is 0 Å². The average molecular weight is 262 g/mol. The van der Waals surface area contributed by atoms with E-state index in [4.69, 9.17) is 16.3 Å². The van der Waals surface area contributed by atoms with E-state index in [9.17, 15) is 0 Å². The van der Waals surface area contributed by atoms with Gasteiger partial charge in [0.1, 0.15) is 5.75 Å². The molecule has 0 fully saturated rings. The predicted molar refractivity (Wildman–Crippen MR) is 77.1 cm³/mol. The Bertz CT molecular complexity index is 510. The van der Waals surface area contributed by atoms with Gasteiger partial charge in [-0.15, -0.1) is 11.6 Å². The molecule has 2 nitrogen and oxygen atoms in total. The van der Waals surface area contributed by atoms with E-state index in [2.05, 4.69) is 17.0 Å². The molecule has 0 aromatic heterocycles. The van der Waals surface area contributed by atoms with E-state index < -0.39 is 0 Å². The summed E-state index contributed by atoms with van der Waals surface area (Å²) in [5.41, 5.74) is 3.26. The minimum absolute atomic E-state index is 0.540. The first-order valence-corrected chi connectivity index (χ1v) is 6.31. The smallest absolute Gasteiger partial charge is 0.142 e. The molecule has 0 saturated heterocycles. The van der Waals surface area contributed by atoms with Crippen molar-refractivity contribution in [2.75, 3.05) is 19.1 Å². The Morgan fingerprint density at radius 2 is 1.72 bits per heavy atom. The van der Waals surface area contributed by atoms with Crippen molar-refractivity contribution in [1.29, 1.82) is 0 Å². The largest absolute Gasteiger partial charge is 0.495 e. The maximum absolute atomic E-state index is 5.79. The number of halogens is 1. The van der Waals surface area contributed by atoms with Crippen LogP contribution in [0.4, 0.5) is 11.4 Å². The normalized spacial score (nSPS) is 10.2. The third-order valence-corrected chi connectivity index (χ3v) is 3.23. The van der Waals surface area contributed by atoms with Crippen molar-refractivity contribution in [2.45, 2.75) is 5.88 Å². The van der Waals surface area contributed by atoms with E-state index in [1.807, 2.05) is 43.4 Å². The predicted octanol–water partition coefficient (Wildman–Crippen LogP) is 4.20. The summed E-state index contributed by atoms with van der Waals surface area (Å²) < 4.78 is 5.37. The first kappa shape index (κ1) is 12.8. The lowest BCUT2D eigenvalue weighted by Gasteiger charge is -2.22. The molecule has 0 saturated carbocycles. The summed E-state index contributed by atoms with van der Waals surface area (Å²) in [6.07, 6.45) is 0. The monoisotopic (exact) mass is 261 g/mol. The van der Waals surface area contributed by atoms with E-state index in [-0.39, 0.29) is 0 Å². The van der Waals surface area contributed by atoms with Gasteiger partial charge in [0, 0.05) is 18.6 Å². The number of anilines is 2. The van der Waals surface area contributed by atoms with Crippen LogP contribution in [-0.2, 0) is 5.88 Å². The highest BCUT2D eigenvalue weighted by Crippen LogP contribution is 2.32. The summed E-state index contributed by atoms with van der Waals surface area (Å²) in [7, 11) is 3.71. The zero-order chi connectivity index (χ0) is 13.0. The lowest BCUT2D eigenvalue weighted by Crippen LogP contribution is -2.10. The first-order chi connectivity index (χ1) is 8.76. The van der Waals surface area contributed by atoms with Gasteiger partial charge in [0.05, 0.1) is 12.8 Å². The topological polar surface area (TPSA) is 12.5 Å². The summed E-state index contributed by atoms with van der Waals surface area (Å²) in [6, 6.07) is 16.2. The summed E-state index contributed by atoms with van der Waals surface area (Å²) >= 11 is 5.79. The van der Waals surface area contributed by atoms with Crippen molar-refractivity contribution in [3.05, 3.63) is 54.1 Å². The number of methoxy groups -OCH3 is 1. The molecule has 0 radical (unpaired) electrons. The number of rotatable bonds is 4. The van der Waals surface area contributed by atoms with E-state index >= 15 is 0 Å². The van der Waals surface area contributed by atoms with Crippen LogP contribution in [0.5, 0.6) is 5.75 Å². The molecule has 0 amide bonds. The number of para-hydroxylation sites is 2. The molecule has 0 aliphatic heterocycles. The highest BCUT2D eigenvalue weighted by molar-refractivity contribution is 6.17. The van der Waals surface area contributed by atoms with Gasteiger partial charge in [-0.2, -0.15) is 0 Å². The van der Waals surface area contributed by atoms with Crippen molar-refractivity contribution in [3.63, 3.8) is 0 Å². The first-order valence-electron chi connectivity index (χ1n) is 5.78. The van der Waals surface area contributed by atoms with Crippen LogP contribution in [0, 0.1) is 0 Å². The van der Waals surface area contributed by atoms with Crippen molar-refractivity contribution in [1.82, 2.24) is 0 Å². The molecule has 94 valence electrons. The minimum Gasteiger partial charge on any atom is -0.495 e. The van der Waals surface area contributed by atoms with E-state index in [0.717, 1.165) is 22.7 Å². The fourth-order valence-electron chi connectivity index (χ4n) is 1.85. The van der Waals surface area contributed by atoms with Gasteiger partial charge in [0.15, 0.2) is 0 Å². The maximum atomic E-state index is 5.79. The van der Waals surface area contributed by atoms with Crippen molar-refractivity contribution in [3.8, 4) is 5.75 Å². The molecule has 0 N–H and O–H groups in total. The van der Waals surface area contributed by atoms with Crippen molar-refractivity contribution in [2.24, 2.45) is 0 Å². The lowest BCUT2D eigenvalue weighted by molar-refractivity contribution is 0.415. The fourth-order valence-corrected chi connectivity index (χ4v) is 2.03. The number of alkyl halides is 1. The fraction of sp³-hybridized carbons (Fsp3) is 0.200. The zero-order valence-corrected chi connectivity index (χ0v) is 11.3. The third-order valence-electron chi connectivity index (χ3n) is 2.92. The average Bonchev–Trinajstić information content (AvgIpc) is 2.46. The molecule has 0 heterocycles. The van der Waals surface area contributed by atoms with Gasteiger partial charge < -0.3 is 9.64 Å². The van der Waals surface area contributed by atoms with Crippen LogP contribution in [0.15, 0.2) is 48.5 Å². The zero-order valence-electron chi connectivity index (χ0n) is 10.6. The number of ether oxygens (including phenoxy) is 1. The lowest BCUT2D eigenvalue weighted by atomic mass is 10.2. The maximum Gasteiger partial charge on any atom is 0.142 e. The highest BCUT2D eigenvalue weighted by Gasteiger charge is 2.08.